The number of rotatable bonds is 7. The van der Waals surface area contributed by atoms with E-state index in [9.17, 15) is 9.90 Å². The molecule has 21 heavy (non-hydrogen) atoms. The van der Waals surface area contributed by atoms with Crippen LogP contribution in [0.4, 0.5) is 0 Å². The molecule has 0 saturated carbocycles. The summed E-state index contributed by atoms with van der Waals surface area (Å²) in [5.41, 5.74) is 1.20. The van der Waals surface area contributed by atoms with Crippen molar-refractivity contribution in [2.24, 2.45) is 0 Å². The molecule has 0 unspecified atom stereocenters. The Kier molecular flexibility index (Phi) is 5.33. The summed E-state index contributed by atoms with van der Waals surface area (Å²) in [6, 6.07) is 7.09. The number of nitrogens with zero attached hydrogens (tertiary/aromatic N) is 3. The highest BCUT2D eigenvalue weighted by Gasteiger charge is 2.20. The van der Waals surface area contributed by atoms with Gasteiger partial charge in [-0.3, -0.25) is 0 Å². The third kappa shape index (κ3) is 3.82. The molecule has 1 aromatic heterocycles. The molecule has 0 atom stereocenters. The molecule has 0 saturated heterocycles. The van der Waals surface area contributed by atoms with Gasteiger partial charge in [0.1, 0.15) is 5.69 Å². The Bertz CT molecular complexity index is 625. The molecular formula is C15H18ClN3O2. The van der Waals surface area contributed by atoms with Crippen LogP contribution < -0.4 is 0 Å². The normalized spacial score (nSPS) is 10.8. The van der Waals surface area contributed by atoms with E-state index in [0.717, 1.165) is 31.2 Å². The Morgan fingerprint density at radius 1 is 1.33 bits per heavy atom. The highest BCUT2D eigenvalue weighted by Crippen LogP contribution is 2.25. The number of benzene rings is 1. The van der Waals surface area contributed by atoms with E-state index in [1.54, 1.807) is 22.9 Å². The molecule has 1 aromatic carbocycles. The predicted octanol–water partition coefficient (Wildman–Crippen LogP) is 3.88. The third-order valence-electron chi connectivity index (χ3n) is 3.26. The molecule has 112 valence electrons. The average molecular weight is 308 g/mol. The van der Waals surface area contributed by atoms with Crippen molar-refractivity contribution in [3.63, 3.8) is 0 Å². The summed E-state index contributed by atoms with van der Waals surface area (Å²) in [7, 11) is 0. The van der Waals surface area contributed by atoms with Crippen molar-refractivity contribution >= 4 is 17.6 Å². The number of halogens is 1. The van der Waals surface area contributed by atoms with E-state index < -0.39 is 5.97 Å². The van der Waals surface area contributed by atoms with Gasteiger partial charge in [0, 0.05) is 17.1 Å². The van der Waals surface area contributed by atoms with Gasteiger partial charge in [-0.15, -0.1) is 5.10 Å². The maximum Gasteiger partial charge on any atom is 0.358 e. The van der Waals surface area contributed by atoms with Gasteiger partial charge in [0.05, 0.1) is 0 Å². The third-order valence-corrected chi connectivity index (χ3v) is 3.49. The molecule has 0 amide bonds. The van der Waals surface area contributed by atoms with Crippen molar-refractivity contribution < 1.29 is 9.90 Å². The number of carbonyl (C=O) groups is 1. The summed E-state index contributed by atoms with van der Waals surface area (Å²) in [6.07, 6.45) is 4.35. The molecule has 5 nitrogen and oxygen atoms in total. The van der Waals surface area contributed by atoms with Gasteiger partial charge in [-0.2, -0.15) is 0 Å². The molecule has 0 aliphatic carbocycles. The van der Waals surface area contributed by atoms with Gasteiger partial charge >= 0.3 is 5.97 Å². The van der Waals surface area contributed by atoms with Crippen molar-refractivity contribution in [2.45, 2.75) is 39.2 Å². The first kappa shape index (κ1) is 15.5. The number of hydrogen-bond acceptors (Lipinski definition) is 3. The number of unbranched alkanes of at least 4 members (excludes halogenated alkanes) is 3. The molecule has 2 rings (SSSR count). The van der Waals surface area contributed by atoms with Crippen LogP contribution in [0.1, 0.15) is 43.1 Å². The zero-order valence-corrected chi connectivity index (χ0v) is 12.7. The second-order valence-corrected chi connectivity index (χ2v) is 5.32. The van der Waals surface area contributed by atoms with E-state index in [2.05, 4.69) is 17.2 Å². The minimum Gasteiger partial charge on any atom is -0.476 e. The topological polar surface area (TPSA) is 68.0 Å². The maximum atomic E-state index is 11.3. The zero-order valence-electron chi connectivity index (χ0n) is 11.9. The van der Waals surface area contributed by atoms with Gasteiger partial charge in [-0.05, 0) is 18.6 Å². The lowest BCUT2D eigenvalue weighted by molar-refractivity contribution is 0.0691. The number of carboxylic acids is 1. The van der Waals surface area contributed by atoms with Crippen molar-refractivity contribution in [2.75, 3.05) is 0 Å². The fourth-order valence-electron chi connectivity index (χ4n) is 2.22. The Labute approximate surface area is 128 Å². The Morgan fingerprint density at radius 2 is 2.14 bits per heavy atom. The number of aromatic carboxylic acids is 1. The SMILES string of the molecule is CCCCCCn1nnc(C(=O)O)c1-c1cccc(Cl)c1. The quantitative estimate of drug-likeness (QED) is 0.788. The summed E-state index contributed by atoms with van der Waals surface area (Å²) >= 11 is 5.99. The van der Waals surface area contributed by atoms with Crippen LogP contribution in [0.25, 0.3) is 11.3 Å². The van der Waals surface area contributed by atoms with Gasteiger partial charge in [-0.25, -0.2) is 9.48 Å². The van der Waals surface area contributed by atoms with Gasteiger partial charge in [-0.1, -0.05) is 55.1 Å². The molecule has 1 heterocycles. The molecule has 6 heteroatoms. The smallest absolute Gasteiger partial charge is 0.358 e. The molecule has 0 radical (unpaired) electrons. The van der Waals surface area contributed by atoms with E-state index >= 15 is 0 Å². The Balaban J connectivity index is 2.31. The molecule has 1 N–H and O–H groups in total. The number of aromatic nitrogens is 3. The minimum absolute atomic E-state index is 0.0345. The van der Waals surface area contributed by atoms with E-state index in [0.29, 0.717) is 17.3 Å². The highest BCUT2D eigenvalue weighted by atomic mass is 35.5. The first-order valence-corrected chi connectivity index (χ1v) is 7.44. The van der Waals surface area contributed by atoms with Crippen LogP contribution in [0.5, 0.6) is 0 Å². The second-order valence-electron chi connectivity index (χ2n) is 4.89. The van der Waals surface area contributed by atoms with E-state index in [1.807, 2.05) is 6.07 Å². The predicted molar refractivity (Wildman–Crippen MR) is 81.6 cm³/mol. The van der Waals surface area contributed by atoms with Crippen LogP contribution in [-0.2, 0) is 6.54 Å². The zero-order chi connectivity index (χ0) is 15.2. The standard InChI is InChI=1S/C15H18ClN3O2/c1-2-3-4-5-9-19-14(13(15(20)21)17-18-19)11-7-6-8-12(16)10-11/h6-8,10H,2-5,9H2,1H3,(H,20,21). The summed E-state index contributed by atoms with van der Waals surface area (Å²) in [6.45, 7) is 2.80. The Hall–Kier alpha value is -1.88. The average Bonchev–Trinajstić information content (AvgIpc) is 2.87. The lowest BCUT2D eigenvalue weighted by atomic mass is 10.1. The summed E-state index contributed by atoms with van der Waals surface area (Å²) < 4.78 is 1.66. The van der Waals surface area contributed by atoms with Crippen molar-refractivity contribution in [1.82, 2.24) is 15.0 Å². The lowest BCUT2D eigenvalue weighted by Gasteiger charge is -2.07. The molecule has 0 aliphatic heterocycles. The number of carboxylic acid groups (broad SMARTS) is 1. The Morgan fingerprint density at radius 3 is 2.81 bits per heavy atom. The molecular weight excluding hydrogens is 290 g/mol. The van der Waals surface area contributed by atoms with E-state index in [1.165, 1.54) is 0 Å². The molecule has 2 aromatic rings. The van der Waals surface area contributed by atoms with Crippen LogP contribution in [0.2, 0.25) is 5.02 Å². The van der Waals surface area contributed by atoms with Gasteiger partial charge in [0.2, 0.25) is 0 Å². The highest BCUT2D eigenvalue weighted by molar-refractivity contribution is 6.30. The number of hydrogen-bond donors (Lipinski definition) is 1. The molecule has 0 spiro atoms. The van der Waals surface area contributed by atoms with Gasteiger partial charge in [0.15, 0.2) is 5.69 Å². The van der Waals surface area contributed by atoms with E-state index in [-0.39, 0.29) is 5.69 Å². The molecule has 0 fully saturated rings. The molecule has 0 bridgehead atoms. The second kappa shape index (κ2) is 7.22. The number of aryl methyl sites for hydroxylation is 1. The first-order valence-electron chi connectivity index (χ1n) is 7.06. The van der Waals surface area contributed by atoms with Crippen LogP contribution in [-0.4, -0.2) is 26.1 Å². The van der Waals surface area contributed by atoms with Crippen LogP contribution >= 0.6 is 11.6 Å². The van der Waals surface area contributed by atoms with Crippen molar-refractivity contribution in [1.29, 1.82) is 0 Å². The summed E-state index contributed by atoms with van der Waals surface area (Å²) in [5.74, 6) is -1.08. The lowest BCUT2D eigenvalue weighted by Crippen LogP contribution is -2.05. The van der Waals surface area contributed by atoms with Crippen LogP contribution in [0.15, 0.2) is 24.3 Å². The fraction of sp³-hybridized carbons (Fsp3) is 0.400. The summed E-state index contributed by atoms with van der Waals surface area (Å²) in [5, 5.41) is 17.6. The van der Waals surface area contributed by atoms with Gasteiger partial charge in [0.25, 0.3) is 0 Å². The van der Waals surface area contributed by atoms with Crippen LogP contribution in [0, 0.1) is 0 Å². The first-order chi connectivity index (χ1) is 10.1. The minimum atomic E-state index is -1.08. The van der Waals surface area contributed by atoms with Crippen molar-refractivity contribution in [3.8, 4) is 11.3 Å². The van der Waals surface area contributed by atoms with Gasteiger partial charge < -0.3 is 5.11 Å². The van der Waals surface area contributed by atoms with Crippen LogP contribution in [0.3, 0.4) is 0 Å². The summed E-state index contributed by atoms with van der Waals surface area (Å²) in [4.78, 5) is 11.3. The van der Waals surface area contributed by atoms with E-state index in [4.69, 9.17) is 11.6 Å². The maximum absolute atomic E-state index is 11.3. The largest absolute Gasteiger partial charge is 0.476 e. The molecule has 0 aliphatic rings. The fourth-order valence-corrected chi connectivity index (χ4v) is 2.41. The van der Waals surface area contributed by atoms with Crippen molar-refractivity contribution in [3.05, 3.63) is 35.0 Å². The monoisotopic (exact) mass is 307 g/mol.